The minimum Gasteiger partial charge on any atom is -0.481 e. The number of nitrogens with zero attached hydrogens (tertiary/aromatic N) is 1. The van der Waals surface area contributed by atoms with Crippen LogP contribution in [0.15, 0.2) is 24.3 Å². The molecule has 1 N–H and O–H groups in total. The number of hydrogen-bond acceptors (Lipinski definition) is 3. The Balaban J connectivity index is 1.97. The number of rotatable bonds is 5. The third kappa shape index (κ3) is 3.95. The minimum absolute atomic E-state index is 0.0373. The van der Waals surface area contributed by atoms with Crippen LogP contribution in [0.5, 0.6) is 0 Å². The highest BCUT2D eigenvalue weighted by Gasteiger charge is 2.27. The highest BCUT2D eigenvalue weighted by molar-refractivity contribution is 6.31. The summed E-state index contributed by atoms with van der Waals surface area (Å²) in [5.41, 5.74) is 1.00. The maximum atomic E-state index is 10.6. The summed E-state index contributed by atoms with van der Waals surface area (Å²) >= 11 is 6.21. The molecular weight excluding hydrogens is 278 g/mol. The zero-order chi connectivity index (χ0) is 14.5. The van der Waals surface area contributed by atoms with Gasteiger partial charge in [-0.3, -0.25) is 9.69 Å². The van der Waals surface area contributed by atoms with Crippen molar-refractivity contribution < 1.29 is 14.6 Å². The van der Waals surface area contributed by atoms with Gasteiger partial charge in [0.1, 0.15) is 0 Å². The average Bonchev–Trinajstić information content (AvgIpc) is 2.41. The molecule has 2 atom stereocenters. The summed E-state index contributed by atoms with van der Waals surface area (Å²) in [6.45, 7) is 4.27. The lowest BCUT2D eigenvalue weighted by Gasteiger charge is -2.38. The second-order valence-corrected chi connectivity index (χ2v) is 5.59. The van der Waals surface area contributed by atoms with Crippen molar-refractivity contribution in [1.29, 1.82) is 0 Å². The van der Waals surface area contributed by atoms with E-state index in [1.54, 1.807) is 0 Å². The average molecular weight is 298 g/mol. The zero-order valence-corrected chi connectivity index (χ0v) is 12.3. The van der Waals surface area contributed by atoms with Crippen molar-refractivity contribution in [1.82, 2.24) is 4.90 Å². The Hall–Kier alpha value is -1.10. The van der Waals surface area contributed by atoms with Gasteiger partial charge in [0.25, 0.3) is 0 Å². The van der Waals surface area contributed by atoms with Crippen LogP contribution in [-0.2, 0) is 9.53 Å². The summed E-state index contributed by atoms with van der Waals surface area (Å²) in [4.78, 5) is 12.9. The number of carboxylic acid groups (broad SMARTS) is 1. The molecule has 20 heavy (non-hydrogen) atoms. The van der Waals surface area contributed by atoms with Crippen LogP contribution in [0, 0.1) is 0 Å². The van der Waals surface area contributed by atoms with E-state index in [1.165, 1.54) is 0 Å². The number of carbonyl (C=O) groups is 1. The van der Waals surface area contributed by atoms with Crippen molar-refractivity contribution in [3.63, 3.8) is 0 Å². The Bertz CT molecular complexity index is 466. The van der Waals surface area contributed by atoms with E-state index in [9.17, 15) is 4.79 Å². The van der Waals surface area contributed by atoms with Crippen molar-refractivity contribution in [3.8, 4) is 0 Å². The zero-order valence-electron chi connectivity index (χ0n) is 11.6. The molecule has 1 aromatic carbocycles. The summed E-state index contributed by atoms with van der Waals surface area (Å²) in [6, 6.07) is 8.02. The second kappa shape index (κ2) is 7.07. The van der Waals surface area contributed by atoms with Gasteiger partial charge in [0.05, 0.1) is 12.7 Å². The van der Waals surface area contributed by atoms with Crippen molar-refractivity contribution >= 4 is 17.6 Å². The first kappa shape index (κ1) is 15.3. The fourth-order valence-corrected chi connectivity index (χ4v) is 2.73. The normalized spacial score (nSPS) is 23.7. The number of carboxylic acids is 1. The molecule has 1 aromatic rings. The van der Waals surface area contributed by atoms with Crippen LogP contribution in [0.4, 0.5) is 0 Å². The van der Waals surface area contributed by atoms with E-state index < -0.39 is 5.97 Å². The number of aliphatic carboxylic acids is 1. The van der Waals surface area contributed by atoms with Gasteiger partial charge in [-0.15, -0.1) is 0 Å². The van der Waals surface area contributed by atoms with Crippen LogP contribution in [0.25, 0.3) is 0 Å². The van der Waals surface area contributed by atoms with E-state index in [2.05, 4.69) is 11.8 Å². The number of halogens is 1. The molecule has 0 radical (unpaired) electrons. The number of hydrogen-bond donors (Lipinski definition) is 1. The van der Waals surface area contributed by atoms with E-state index >= 15 is 0 Å². The summed E-state index contributed by atoms with van der Waals surface area (Å²) in [7, 11) is 0. The SMILES string of the molecule is CC1COC(c2ccccc2Cl)CN1CCCC(=O)O. The van der Waals surface area contributed by atoms with E-state index in [0.717, 1.165) is 23.7 Å². The van der Waals surface area contributed by atoms with Crippen LogP contribution in [-0.4, -0.2) is 41.7 Å². The number of benzene rings is 1. The molecule has 0 spiro atoms. The standard InChI is InChI=1S/C15H20ClNO3/c1-11-10-20-14(12-5-2-3-6-13(12)16)9-17(11)8-4-7-15(18)19/h2-3,5-6,11,14H,4,7-10H2,1H3,(H,18,19). The quantitative estimate of drug-likeness (QED) is 0.908. The van der Waals surface area contributed by atoms with Gasteiger partial charge in [-0.2, -0.15) is 0 Å². The van der Waals surface area contributed by atoms with Crippen LogP contribution in [0.2, 0.25) is 5.02 Å². The Morgan fingerprint density at radius 1 is 1.50 bits per heavy atom. The molecule has 2 unspecified atom stereocenters. The smallest absolute Gasteiger partial charge is 0.303 e. The topological polar surface area (TPSA) is 49.8 Å². The van der Waals surface area contributed by atoms with Gasteiger partial charge in [0, 0.05) is 29.6 Å². The molecule has 110 valence electrons. The molecule has 0 saturated carbocycles. The highest BCUT2D eigenvalue weighted by Crippen LogP contribution is 2.29. The number of morpholine rings is 1. The fraction of sp³-hybridized carbons (Fsp3) is 0.533. The van der Waals surface area contributed by atoms with Gasteiger partial charge in [-0.1, -0.05) is 29.8 Å². The fourth-order valence-electron chi connectivity index (χ4n) is 2.48. The first-order chi connectivity index (χ1) is 9.58. The Morgan fingerprint density at radius 2 is 2.25 bits per heavy atom. The number of ether oxygens (including phenoxy) is 1. The largest absolute Gasteiger partial charge is 0.481 e. The van der Waals surface area contributed by atoms with E-state index in [1.807, 2.05) is 24.3 Å². The lowest BCUT2D eigenvalue weighted by atomic mass is 10.1. The van der Waals surface area contributed by atoms with Crippen molar-refractivity contribution in [3.05, 3.63) is 34.9 Å². The van der Waals surface area contributed by atoms with Crippen molar-refractivity contribution in [2.24, 2.45) is 0 Å². The summed E-state index contributed by atoms with van der Waals surface area (Å²) < 4.78 is 5.87. The summed E-state index contributed by atoms with van der Waals surface area (Å²) in [5.74, 6) is -0.742. The van der Waals surface area contributed by atoms with Crippen LogP contribution >= 0.6 is 11.6 Å². The third-order valence-electron chi connectivity index (χ3n) is 3.65. The molecule has 4 nitrogen and oxygen atoms in total. The van der Waals surface area contributed by atoms with Crippen LogP contribution in [0.1, 0.15) is 31.4 Å². The summed E-state index contributed by atoms with van der Waals surface area (Å²) in [5, 5.41) is 9.43. The molecule has 0 aliphatic carbocycles. The van der Waals surface area contributed by atoms with Gasteiger partial charge < -0.3 is 9.84 Å². The van der Waals surface area contributed by atoms with Gasteiger partial charge in [0.15, 0.2) is 0 Å². The maximum Gasteiger partial charge on any atom is 0.303 e. The first-order valence-corrected chi connectivity index (χ1v) is 7.27. The van der Waals surface area contributed by atoms with E-state index in [4.69, 9.17) is 21.4 Å². The molecule has 0 amide bonds. The van der Waals surface area contributed by atoms with Crippen molar-refractivity contribution in [2.45, 2.75) is 31.9 Å². The Kier molecular flexibility index (Phi) is 5.40. The van der Waals surface area contributed by atoms with Crippen molar-refractivity contribution in [2.75, 3.05) is 19.7 Å². The Morgan fingerprint density at radius 3 is 2.95 bits per heavy atom. The van der Waals surface area contributed by atoms with Gasteiger partial charge in [-0.05, 0) is 26.0 Å². The molecule has 5 heteroatoms. The predicted octanol–water partition coefficient (Wildman–Crippen LogP) is 2.97. The molecule has 1 aliphatic rings. The molecular formula is C15H20ClNO3. The monoisotopic (exact) mass is 297 g/mol. The molecule has 1 fully saturated rings. The lowest BCUT2D eigenvalue weighted by molar-refractivity contribution is -0.137. The van der Waals surface area contributed by atoms with Gasteiger partial charge >= 0.3 is 5.97 Å². The lowest BCUT2D eigenvalue weighted by Crippen LogP contribution is -2.45. The van der Waals surface area contributed by atoms with Crippen LogP contribution < -0.4 is 0 Å². The molecule has 1 saturated heterocycles. The van der Waals surface area contributed by atoms with E-state index in [0.29, 0.717) is 19.1 Å². The minimum atomic E-state index is -0.742. The first-order valence-electron chi connectivity index (χ1n) is 6.90. The molecule has 1 aliphatic heterocycles. The van der Waals surface area contributed by atoms with Gasteiger partial charge in [-0.25, -0.2) is 0 Å². The van der Waals surface area contributed by atoms with Crippen LogP contribution in [0.3, 0.4) is 0 Å². The highest BCUT2D eigenvalue weighted by atomic mass is 35.5. The molecule has 1 heterocycles. The van der Waals surface area contributed by atoms with E-state index in [-0.39, 0.29) is 12.5 Å². The maximum absolute atomic E-state index is 10.6. The second-order valence-electron chi connectivity index (χ2n) is 5.18. The van der Waals surface area contributed by atoms with Gasteiger partial charge in [0.2, 0.25) is 0 Å². The molecule has 0 aromatic heterocycles. The summed E-state index contributed by atoms with van der Waals surface area (Å²) in [6.07, 6.45) is 0.833. The molecule has 2 rings (SSSR count). The predicted molar refractivity (Wildman–Crippen MR) is 78.0 cm³/mol. The molecule has 0 bridgehead atoms. The third-order valence-corrected chi connectivity index (χ3v) is 3.99. The Labute approximate surface area is 124 Å².